The highest BCUT2D eigenvalue weighted by Crippen LogP contribution is 2.38. The van der Waals surface area contributed by atoms with E-state index in [4.69, 9.17) is 4.74 Å². The van der Waals surface area contributed by atoms with Gasteiger partial charge in [-0.1, -0.05) is 65.8 Å². The van der Waals surface area contributed by atoms with Crippen LogP contribution in [0, 0.1) is 0 Å². The maximum absolute atomic E-state index is 13.2. The van der Waals surface area contributed by atoms with Crippen molar-refractivity contribution in [2.75, 3.05) is 18.6 Å². The monoisotopic (exact) mass is 559 g/mol. The number of hydrogen-bond acceptors (Lipinski definition) is 5. The number of benzene rings is 2. The van der Waals surface area contributed by atoms with Crippen molar-refractivity contribution < 1.29 is 22.7 Å². The quantitative estimate of drug-likeness (QED) is 0.158. The molecule has 0 radical (unpaired) electrons. The minimum Gasteiger partial charge on any atom is -0.493 e. The number of urea groups is 1. The van der Waals surface area contributed by atoms with Gasteiger partial charge in [-0.2, -0.15) is 13.2 Å². The van der Waals surface area contributed by atoms with Crippen LogP contribution in [0.3, 0.4) is 0 Å². The van der Waals surface area contributed by atoms with Crippen molar-refractivity contribution in [3.8, 4) is 5.75 Å². The Kier molecular flexibility index (Phi) is 9.87. The highest BCUT2D eigenvalue weighted by atomic mass is 19.4. The number of fused-ring (bicyclic) bond motifs is 1. The Morgan fingerprint density at radius 2 is 1.62 bits per heavy atom. The van der Waals surface area contributed by atoms with Crippen LogP contribution in [0.1, 0.15) is 84.2 Å². The van der Waals surface area contributed by atoms with Crippen molar-refractivity contribution in [3.05, 3.63) is 59.4 Å². The van der Waals surface area contributed by atoms with E-state index in [1.54, 1.807) is 18.2 Å². The fourth-order valence-corrected chi connectivity index (χ4v) is 4.07. The molecule has 1 aromatic heterocycles. The van der Waals surface area contributed by atoms with Crippen LogP contribution in [0.2, 0.25) is 0 Å². The number of anilines is 1. The molecule has 0 saturated carbocycles. The number of hydrogen-bond donors (Lipinski definition) is 3. The summed E-state index contributed by atoms with van der Waals surface area (Å²) in [6.45, 7) is 14.2. The Morgan fingerprint density at radius 1 is 0.925 bits per heavy atom. The minimum absolute atomic E-state index is 0.0301. The Morgan fingerprint density at radius 3 is 2.30 bits per heavy atom. The summed E-state index contributed by atoms with van der Waals surface area (Å²) in [6.07, 6.45) is -1.32. The Balaban J connectivity index is 1.50. The lowest BCUT2D eigenvalue weighted by molar-refractivity contribution is -0.144. The highest BCUT2D eigenvalue weighted by molar-refractivity contribution is 5.89. The second-order valence-electron chi connectivity index (χ2n) is 11.2. The molecular formula is C30H40F3N5O2. The van der Waals surface area contributed by atoms with Crippen LogP contribution >= 0.6 is 0 Å². The average Bonchev–Trinajstić information content (AvgIpc) is 2.92. The van der Waals surface area contributed by atoms with Crippen LogP contribution < -0.4 is 20.9 Å². The van der Waals surface area contributed by atoms with Crippen molar-refractivity contribution in [2.24, 2.45) is 0 Å². The summed E-state index contributed by atoms with van der Waals surface area (Å²) < 4.78 is 45.7. The van der Waals surface area contributed by atoms with Crippen LogP contribution in [0.15, 0.2) is 42.5 Å². The van der Waals surface area contributed by atoms with Gasteiger partial charge in [0.25, 0.3) is 0 Å². The molecular weight excluding hydrogens is 519 g/mol. The SMILES string of the molecule is CCC(C)(C)c1ccc(OCCCCNC(=O)NNc2nc(C(F)(F)F)nc3ccccc23)c(C(C)(C)CC)c1. The molecule has 0 unspecified atom stereocenters. The molecule has 0 aliphatic carbocycles. The lowest BCUT2D eigenvalue weighted by Crippen LogP contribution is -2.39. The van der Waals surface area contributed by atoms with E-state index in [2.05, 4.69) is 85.9 Å². The molecule has 0 saturated heterocycles. The van der Waals surface area contributed by atoms with Gasteiger partial charge in [0.2, 0.25) is 5.82 Å². The standard InChI is InChI=1S/C30H40F3N5O2/c1-7-28(3,4)20-15-16-24(22(19-20)29(5,6)8-2)40-18-12-11-17-34-27(39)38-37-25-21-13-9-10-14-23(21)35-26(36-25)30(31,32)33/h9-10,13-16,19H,7-8,11-12,17-18H2,1-6H3,(H2,34,38,39)(H,35,36,37). The number of alkyl halides is 3. The molecule has 0 aliphatic heterocycles. The molecule has 0 atom stereocenters. The number of nitrogens with one attached hydrogen (secondary N) is 3. The third kappa shape index (κ3) is 7.76. The third-order valence-electron chi connectivity index (χ3n) is 7.52. The molecule has 0 spiro atoms. The van der Waals surface area contributed by atoms with E-state index in [1.165, 1.54) is 17.2 Å². The molecule has 3 aromatic rings. The first-order chi connectivity index (χ1) is 18.8. The molecule has 0 fully saturated rings. The first-order valence-electron chi connectivity index (χ1n) is 13.7. The number of para-hydroxylation sites is 1. The molecule has 0 aliphatic rings. The fourth-order valence-electron chi connectivity index (χ4n) is 4.07. The Hall–Kier alpha value is -3.56. The first kappa shape index (κ1) is 31.0. The zero-order chi connectivity index (χ0) is 29.6. The summed E-state index contributed by atoms with van der Waals surface area (Å²) in [6, 6.07) is 12.2. The van der Waals surface area contributed by atoms with Crippen molar-refractivity contribution in [1.82, 2.24) is 20.7 Å². The summed E-state index contributed by atoms with van der Waals surface area (Å²) in [5.41, 5.74) is 7.49. The lowest BCUT2D eigenvalue weighted by Gasteiger charge is -2.30. The van der Waals surface area contributed by atoms with Crippen LogP contribution in [0.4, 0.5) is 23.8 Å². The predicted octanol–water partition coefficient (Wildman–Crippen LogP) is 7.51. The van der Waals surface area contributed by atoms with E-state index in [0.717, 1.165) is 18.6 Å². The van der Waals surface area contributed by atoms with Gasteiger partial charge in [-0.25, -0.2) is 14.8 Å². The number of carbonyl (C=O) groups excluding carboxylic acids is 1. The zero-order valence-electron chi connectivity index (χ0n) is 24.1. The largest absolute Gasteiger partial charge is 0.493 e. The van der Waals surface area contributed by atoms with Crippen molar-refractivity contribution >= 4 is 22.8 Å². The number of aromatic nitrogens is 2. The summed E-state index contributed by atoms with van der Waals surface area (Å²) in [5, 5.41) is 3.04. The van der Waals surface area contributed by atoms with Crippen LogP contribution in [-0.4, -0.2) is 29.2 Å². The molecule has 2 aromatic carbocycles. The van der Waals surface area contributed by atoms with Gasteiger partial charge in [-0.05, 0) is 60.3 Å². The average molecular weight is 560 g/mol. The van der Waals surface area contributed by atoms with Gasteiger partial charge in [0, 0.05) is 17.5 Å². The molecule has 3 N–H and O–H groups in total. The number of hydrazine groups is 1. The fraction of sp³-hybridized carbons (Fsp3) is 0.500. The number of halogens is 3. The zero-order valence-corrected chi connectivity index (χ0v) is 24.1. The minimum atomic E-state index is -4.72. The van der Waals surface area contributed by atoms with E-state index in [0.29, 0.717) is 31.4 Å². The van der Waals surface area contributed by atoms with Crippen LogP contribution in [-0.2, 0) is 17.0 Å². The molecule has 40 heavy (non-hydrogen) atoms. The van der Waals surface area contributed by atoms with Gasteiger partial charge < -0.3 is 10.1 Å². The number of rotatable bonds is 12. The third-order valence-corrected chi connectivity index (χ3v) is 7.52. The maximum atomic E-state index is 13.2. The number of carbonyl (C=O) groups is 1. The molecule has 218 valence electrons. The van der Waals surface area contributed by atoms with E-state index < -0.39 is 18.0 Å². The van der Waals surface area contributed by atoms with Gasteiger partial charge in [0.05, 0.1) is 12.1 Å². The topological polar surface area (TPSA) is 88.2 Å². The number of amides is 2. The summed E-state index contributed by atoms with van der Waals surface area (Å²) in [5.74, 6) is -0.543. The summed E-state index contributed by atoms with van der Waals surface area (Å²) >= 11 is 0. The van der Waals surface area contributed by atoms with Crippen molar-refractivity contribution in [1.29, 1.82) is 0 Å². The second-order valence-corrected chi connectivity index (χ2v) is 11.2. The van der Waals surface area contributed by atoms with E-state index in [1.807, 2.05) is 0 Å². The lowest BCUT2D eigenvalue weighted by atomic mass is 9.76. The van der Waals surface area contributed by atoms with Gasteiger partial charge in [-0.15, -0.1) is 0 Å². The van der Waals surface area contributed by atoms with Gasteiger partial charge >= 0.3 is 12.2 Å². The van der Waals surface area contributed by atoms with Gasteiger partial charge in [-0.3, -0.25) is 10.9 Å². The van der Waals surface area contributed by atoms with E-state index >= 15 is 0 Å². The molecule has 0 bridgehead atoms. The van der Waals surface area contributed by atoms with Crippen molar-refractivity contribution in [2.45, 2.75) is 84.2 Å². The Bertz CT molecular complexity index is 1310. The molecule has 7 nitrogen and oxygen atoms in total. The van der Waals surface area contributed by atoms with Gasteiger partial charge in [0.1, 0.15) is 5.75 Å². The highest BCUT2D eigenvalue weighted by Gasteiger charge is 2.35. The first-order valence-corrected chi connectivity index (χ1v) is 13.7. The smallest absolute Gasteiger partial charge is 0.451 e. The number of nitrogens with zero attached hydrogens (tertiary/aromatic N) is 2. The van der Waals surface area contributed by atoms with Crippen LogP contribution in [0.25, 0.3) is 10.9 Å². The summed E-state index contributed by atoms with van der Waals surface area (Å²) in [4.78, 5) is 19.3. The van der Waals surface area contributed by atoms with E-state index in [-0.39, 0.29) is 22.2 Å². The molecule has 3 rings (SSSR count). The second kappa shape index (κ2) is 12.7. The van der Waals surface area contributed by atoms with Crippen molar-refractivity contribution in [3.63, 3.8) is 0 Å². The molecule has 10 heteroatoms. The normalized spacial score (nSPS) is 12.3. The molecule has 1 heterocycles. The van der Waals surface area contributed by atoms with E-state index in [9.17, 15) is 18.0 Å². The number of ether oxygens (including phenoxy) is 1. The predicted molar refractivity (Wildman–Crippen MR) is 153 cm³/mol. The van der Waals surface area contributed by atoms with Gasteiger partial charge in [0.15, 0.2) is 5.82 Å². The summed E-state index contributed by atoms with van der Waals surface area (Å²) in [7, 11) is 0. The van der Waals surface area contributed by atoms with Crippen LogP contribution in [0.5, 0.6) is 5.75 Å². The number of unbranched alkanes of at least 4 members (excludes halogenated alkanes) is 1. The molecule has 2 amide bonds. The Labute approximate surface area is 234 Å². The maximum Gasteiger partial charge on any atom is 0.451 e.